The first-order valence-electron chi connectivity index (χ1n) is 6.08. The van der Waals surface area contributed by atoms with Gasteiger partial charge in [0.05, 0.1) is 5.92 Å². The monoisotopic (exact) mass is 255 g/mol. The second-order valence-corrected chi connectivity index (χ2v) is 5.69. The maximum atomic E-state index is 11.6. The molecule has 0 aromatic rings. The van der Waals surface area contributed by atoms with Gasteiger partial charge in [-0.05, 0) is 40.0 Å². The van der Waals surface area contributed by atoms with Crippen molar-refractivity contribution in [1.82, 2.24) is 5.32 Å². The fourth-order valence-corrected chi connectivity index (χ4v) is 2.01. The Morgan fingerprint density at radius 1 is 1.44 bits per heavy atom. The number of nitrogens with one attached hydrogen (secondary N) is 1. The van der Waals surface area contributed by atoms with Crippen molar-refractivity contribution in [3.63, 3.8) is 0 Å². The zero-order valence-corrected chi connectivity index (χ0v) is 11.2. The van der Waals surface area contributed by atoms with Gasteiger partial charge in [-0.25, -0.2) is 4.79 Å². The van der Waals surface area contributed by atoms with Crippen LogP contribution < -0.4 is 5.32 Å². The summed E-state index contributed by atoms with van der Waals surface area (Å²) in [6.07, 6.45) is 1.18. The Bertz CT molecular complexity index is 356. The average Bonchev–Trinajstić information content (AvgIpc) is 2.17. The highest BCUT2D eigenvalue weighted by Gasteiger charge is 2.34. The smallest absolute Gasteiger partial charge is 0.407 e. The highest BCUT2D eigenvalue weighted by atomic mass is 16.6. The highest BCUT2D eigenvalue weighted by molar-refractivity contribution is 5.74. The minimum atomic E-state index is -0.906. The van der Waals surface area contributed by atoms with E-state index in [-0.39, 0.29) is 6.04 Å². The quantitative estimate of drug-likeness (QED) is 0.742. The molecule has 0 unspecified atom stereocenters. The molecule has 1 amide bonds. The molecule has 5 nitrogen and oxygen atoms in total. The Labute approximate surface area is 107 Å². The fraction of sp³-hybridized carbons (Fsp3) is 0.692. The van der Waals surface area contributed by atoms with Crippen molar-refractivity contribution in [1.29, 1.82) is 0 Å². The van der Waals surface area contributed by atoms with E-state index in [2.05, 4.69) is 11.9 Å². The van der Waals surface area contributed by atoms with Crippen molar-refractivity contribution >= 4 is 12.1 Å². The van der Waals surface area contributed by atoms with E-state index >= 15 is 0 Å². The van der Waals surface area contributed by atoms with Gasteiger partial charge in [-0.3, -0.25) is 4.79 Å². The number of ether oxygens (including phenoxy) is 1. The van der Waals surface area contributed by atoms with Gasteiger partial charge >= 0.3 is 12.1 Å². The lowest BCUT2D eigenvalue weighted by Crippen LogP contribution is -2.47. The molecule has 18 heavy (non-hydrogen) atoms. The summed E-state index contributed by atoms with van der Waals surface area (Å²) in [5, 5.41) is 11.8. The molecule has 0 aliphatic heterocycles. The first-order valence-corrected chi connectivity index (χ1v) is 6.08. The molecule has 0 aromatic heterocycles. The van der Waals surface area contributed by atoms with Crippen molar-refractivity contribution in [2.24, 2.45) is 5.92 Å². The topological polar surface area (TPSA) is 75.6 Å². The molecule has 5 heteroatoms. The third-order valence-electron chi connectivity index (χ3n) is 2.82. The number of hydrogen-bond acceptors (Lipinski definition) is 3. The van der Waals surface area contributed by atoms with E-state index in [1.54, 1.807) is 20.8 Å². The number of allylic oxidation sites excluding steroid dienone is 1. The van der Waals surface area contributed by atoms with Crippen LogP contribution in [0.4, 0.5) is 4.79 Å². The van der Waals surface area contributed by atoms with Crippen LogP contribution in [0.2, 0.25) is 0 Å². The predicted octanol–water partition coefficient (Wildman–Crippen LogP) is 2.32. The van der Waals surface area contributed by atoms with Crippen LogP contribution in [0.15, 0.2) is 12.2 Å². The molecular weight excluding hydrogens is 234 g/mol. The number of rotatable bonds is 2. The number of amides is 1. The molecule has 0 radical (unpaired) electrons. The molecule has 2 atom stereocenters. The SMILES string of the molecule is C=C1CC[C@H](NC(=O)OC(C)(C)C)[C@@H](C(=O)O)C1. The molecule has 0 saturated heterocycles. The third kappa shape index (κ3) is 4.39. The van der Waals surface area contributed by atoms with Gasteiger partial charge in [-0.1, -0.05) is 12.2 Å². The van der Waals surface area contributed by atoms with Crippen LogP contribution in [0, 0.1) is 5.92 Å². The summed E-state index contributed by atoms with van der Waals surface area (Å²) in [6, 6.07) is -0.386. The van der Waals surface area contributed by atoms with Crippen molar-refractivity contribution in [3.8, 4) is 0 Å². The zero-order chi connectivity index (χ0) is 13.9. The molecule has 0 aromatic carbocycles. The molecule has 1 aliphatic rings. The van der Waals surface area contributed by atoms with Crippen molar-refractivity contribution in [3.05, 3.63) is 12.2 Å². The number of carbonyl (C=O) groups is 2. The van der Waals surface area contributed by atoms with E-state index < -0.39 is 23.6 Å². The van der Waals surface area contributed by atoms with Crippen molar-refractivity contribution in [2.45, 2.75) is 51.7 Å². The minimum absolute atomic E-state index is 0.386. The van der Waals surface area contributed by atoms with E-state index in [1.807, 2.05) is 0 Å². The van der Waals surface area contributed by atoms with Crippen LogP contribution in [0.1, 0.15) is 40.0 Å². The number of alkyl carbamates (subject to hydrolysis) is 1. The van der Waals surface area contributed by atoms with Crippen LogP contribution in [-0.2, 0) is 9.53 Å². The summed E-state index contributed by atoms with van der Waals surface area (Å²) in [5.41, 5.74) is 0.339. The van der Waals surface area contributed by atoms with Gasteiger partial charge in [0.1, 0.15) is 5.60 Å². The van der Waals surface area contributed by atoms with Gasteiger partial charge in [0.15, 0.2) is 0 Å². The molecule has 1 fully saturated rings. The molecule has 0 bridgehead atoms. The lowest BCUT2D eigenvalue weighted by Gasteiger charge is -2.31. The summed E-state index contributed by atoms with van der Waals surface area (Å²) in [4.78, 5) is 22.8. The second kappa shape index (κ2) is 5.42. The largest absolute Gasteiger partial charge is 0.481 e. The number of hydrogen-bond donors (Lipinski definition) is 2. The van der Waals surface area contributed by atoms with E-state index in [0.717, 1.165) is 12.0 Å². The zero-order valence-electron chi connectivity index (χ0n) is 11.2. The standard InChI is InChI=1S/C13H21NO4/c1-8-5-6-10(9(7-8)11(15)16)14-12(17)18-13(2,3)4/h9-10H,1,5-7H2,2-4H3,(H,14,17)(H,15,16)/t9-,10-/m0/s1. The first-order chi connectivity index (χ1) is 8.19. The number of carbonyl (C=O) groups excluding carboxylic acids is 1. The van der Waals surface area contributed by atoms with Crippen molar-refractivity contribution in [2.75, 3.05) is 0 Å². The van der Waals surface area contributed by atoms with Crippen LogP contribution in [0.25, 0.3) is 0 Å². The Morgan fingerprint density at radius 3 is 2.56 bits per heavy atom. The lowest BCUT2D eigenvalue weighted by atomic mass is 9.82. The summed E-state index contributed by atoms with van der Waals surface area (Å²) < 4.78 is 5.13. The Kier molecular flexibility index (Phi) is 4.38. The van der Waals surface area contributed by atoms with E-state index in [9.17, 15) is 9.59 Å². The molecule has 1 saturated carbocycles. The molecule has 102 valence electrons. The number of carboxylic acid groups (broad SMARTS) is 1. The highest BCUT2D eigenvalue weighted by Crippen LogP contribution is 2.28. The maximum absolute atomic E-state index is 11.6. The van der Waals surface area contributed by atoms with Gasteiger partial charge in [0.2, 0.25) is 0 Å². The molecular formula is C13H21NO4. The van der Waals surface area contributed by atoms with Crippen LogP contribution >= 0.6 is 0 Å². The van der Waals surface area contributed by atoms with Crippen LogP contribution in [-0.4, -0.2) is 28.8 Å². The lowest BCUT2D eigenvalue weighted by molar-refractivity contribution is -0.143. The third-order valence-corrected chi connectivity index (χ3v) is 2.82. The molecule has 2 N–H and O–H groups in total. The first kappa shape index (κ1) is 14.5. The number of aliphatic carboxylic acids is 1. The second-order valence-electron chi connectivity index (χ2n) is 5.69. The van der Waals surface area contributed by atoms with E-state index in [0.29, 0.717) is 12.8 Å². The van der Waals surface area contributed by atoms with Gasteiger partial charge in [-0.2, -0.15) is 0 Å². The summed E-state index contributed by atoms with van der Waals surface area (Å²) >= 11 is 0. The van der Waals surface area contributed by atoms with Crippen molar-refractivity contribution < 1.29 is 19.4 Å². The average molecular weight is 255 g/mol. The Balaban J connectivity index is 2.61. The summed E-state index contributed by atoms with van der Waals surface area (Å²) in [7, 11) is 0. The molecule has 0 heterocycles. The Morgan fingerprint density at radius 2 is 2.06 bits per heavy atom. The van der Waals surface area contributed by atoms with Gasteiger partial charge in [-0.15, -0.1) is 0 Å². The van der Waals surface area contributed by atoms with E-state index in [4.69, 9.17) is 9.84 Å². The van der Waals surface area contributed by atoms with Gasteiger partial charge < -0.3 is 15.2 Å². The maximum Gasteiger partial charge on any atom is 0.407 e. The molecule has 1 rings (SSSR count). The van der Waals surface area contributed by atoms with Crippen LogP contribution in [0.3, 0.4) is 0 Å². The van der Waals surface area contributed by atoms with Crippen LogP contribution in [0.5, 0.6) is 0 Å². The van der Waals surface area contributed by atoms with Gasteiger partial charge in [0.25, 0.3) is 0 Å². The number of carboxylic acids is 1. The normalized spacial score (nSPS) is 24.5. The Hall–Kier alpha value is -1.52. The van der Waals surface area contributed by atoms with E-state index in [1.165, 1.54) is 0 Å². The minimum Gasteiger partial charge on any atom is -0.481 e. The molecule has 1 aliphatic carbocycles. The fourth-order valence-electron chi connectivity index (χ4n) is 2.01. The predicted molar refractivity (Wildman–Crippen MR) is 67.3 cm³/mol. The molecule has 0 spiro atoms. The summed E-state index contributed by atoms with van der Waals surface area (Å²) in [5.74, 6) is -1.52. The van der Waals surface area contributed by atoms with Gasteiger partial charge in [0, 0.05) is 6.04 Å². The summed E-state index contributed by atoms with van der Waals surface area (Å²) in [6.45, 7) is 9.12.